The molecule has 0 radical (unpaired) electrons. The summed E-state index contributed by atoms with van der Waals surface area (Å²) in [6, 6.07) is 7.18. The van der Waals surface area contributed by atoms with Crippen LogP contribution in [-0.4, -0.2) is 37.8 Å². The minimum atomic E-state index is -0.293. The zero-order valence-corrected chi connectivity index (χ0v) is 14.6. The Hall–Kier alpha value is -3.03. The summed E-state index contributed by atoms with van der Waals surface area (Å²) >= 11 is 0. The van der Waals surface area contributed by atoms with Crippen LogP contribution in [0, 0.1) is 10.1 Å². The van der Waals surface area contributed by atoms with Gasteiger partial charge in [-0.1, -0.05) is 0 Å². The first-order valence-electron chi connectivity index (χ1n) is 8.83. The van der Waals surface area contributed by atoms with Gasteiger partial charge < -0.3 is 9.47 Å². The molecule has 1 aromatic carbocycles. The number of aromatic nitrogens is 4. The molecule has 26 heavy (non-hydrogen) atoms. The molecule has 8 heteroatoms. The highest BCUT2D eigenvalue weighted by Gasteiger charge is 2.29. The normalized spacial score (nSPS) is 15.5. The molecule has 0 bridgehead atoms. The van der Waals surface area contributed by atoms with E-state index in [2.05, 4.69) is 31.6 Å². The number of anilines is 1. The molecule has 0 saturated carbocycles. The number of nitrogens with zero attached hydrogens (tertiary/aromatic N) is 6. The van der Waals surface area contributed by atoms with Crippen LogP contribution in [0.25, 0.3) is 10.9 Å². The lowest BCUT2D eigenvalue weighted by molar-refractivity contribution is -0.382. The molecular weight excluding hydrogens is 332 g/mol. The van der Waals surface area contributed by atoms with Crippen LogP contribution in [0.1, 0.15) is 31.5 Å². The Kier molecular flexibility index (Phi) is 4.24. The molecule has 0 amide bonds. The van der Waals surface area contributed by atoms with Gasteiger partial charge in [-0.25, -0.2) is 0 Å². The number of rotatable bonds is 4. The summed E-state index contributed by atoms with van der Waals surface area (Å²) in [5, 5.41) is 20.6. The van der Waals surface area contributed by atoms with E-state index in [9.17, 15) is 10.1 Å². The number of pyridine rings is 1. The summed E-state index contributed by atoms with van der Waals surface area (Å²) in [6.45, 7) is 4.45. The van der Waals surface area contributed by atoms with Crippen molar-refractivity contribution < 1.29 is 4.92 Å². The Bertz CT molecular complexity index is 946. The second-order valence-electron chi connectivity index (χ2n) is 6.50. The summed E-state index contributed by atoms with van der Waals surface area (Å²) in [5.41, 5.74) is 1.46. The summed E-state index contributed by atoms with van der Waals surface area (Å²) in [5.74, 6) is 1.36. The Labute approximate surface area is 150 Å². The van der Waals surface area contributed by atoms with Crippen molar-refractivity contribution in [3.05, 3.63) is 52.7 Å². The monoisotopic (exact) mass is 352 g/mol. The second kappa shape index (κ2) is 6.70. The fraction of sp³-hybridized carbons (Fsp3) is 0.389. The molecule has 0 atom stereocenters. The van der Waals surface area contributed by atoms with Crippen molar-refractivity contribution in [3.63, 3.8) is 0 Å². The average molecular weight is 352 g/mol. The van der Waals surface area contributed by atoms with Crippen LogP contribution >= 0.6 is 0 Å². The smallest absolute Gasteiger partial charge is 0.301 e. The minimum Gasteiger partial charge on any atom is -0.366 e. The molecule has 0 N–H and O–H groups in total. The number of nitro groups is 1. The molecule has 1 saturated heterocycles. The second-order valence-corrected chi connectivity index (χ2v) is 6.50. The van der Waals surface area contributed by atoms with Gasteiger partial charge in [-0.15, -0.1) is 10.2 Å². The number of aryl methyl sites for hydroxylation is 1. The van der Waals surface area contributed by atoms with Gasteiger partial charge in [0.15, 0.2) is 0 Å². The van der Waals surface area contributed by atoms with Gasteiger partial charge in [0.2, 0.25) is 0 Å². The van der Waals surface area contributed by atoms with Gasteiger partial charge in [0.05, 0.1) is 15.8 Å². The highest BCUT2D eigenvalue weighted by molar-refractivity contribution is 5.94. The fourth-order valence-corrected chi connectivity index (χ4v) is 3.77. The molecule has 2 aromatic heterocycles. The van der Waals surface area contributed by atoms with Crippen LogP contribution in [0.5, 0.6) is 0 Å². The molecule has 1 fully saturated rings. The molecule has 3 heterocycles. The SMILES string of the molecule is CCn1cnnc1C1CCN(c2ccc3ncccc3c2[N+](=O)[O-])CC1. The first kappa shape index (κ1) is 16.4. The standard InChI is InChI=1S/C18H20N6O2/c1-2-22-12-20-21-18(22)13-7-10-23(11-8-13)16-6-5-15-14(4-3-9-19-15)17(16)24(25)26/h3-6,9,12-13H,2,7-8,10-11H2,1H3. The number of fused-ring (bicyclic) bond motifs is 1. The number of hydrogen-bond donors (Lipinski definition) is 0. The molecule has 134 valence electrons. The van der Waals surface area contributed by atoms with E-state index < -0.39 is 0 Å². The zero-order chi connectivity index (χ0) is 18.1. The topological polar surface area (TPSA) is 90.0 Å². The maximum Gasteiger partial charge on any atom is 0.301 e. The van der Waals surface area contributed by atoms with Crippen LogP contribution < -0.4 is 4.90 Å². The molecule has 0 spiro atoms. The number of nitro benzene ring substituents is 1. The Balaban J connectivity index is 1.62. The summed E-state index contributed by atoms with van der Waals surface area (Å²) < 4.78 is 2.07. The largest absolute Gasteiger partial charge is 0.366 e. The molecule has 0 unspecified atom stereocenters. The van der Waals surface area contributed by atoms with Gasteiger partial charge >= 0.3 is 5.69 Å². The van der Waals surface area contributed by atoms with Gasteiger partial charge in [0.1, 0.15) is 17.8 Å². The maximum absolute atomic E-state index is 11.7. The van der Waals surface area contributed by atoms with Gasteiger partial charge in [-0.3, -0.25) is 15.1 Å². The quantitative estimate of drug-likeness (QED) is 0.529. The Morgan fingerprint density at radius 1 is 1.27 bits per heavy atom. The van der Waals surface area contributed by atoms with Crippen molar-refractivity contribution in [3.8, 4) is 0 Å². The lowest BCUT2D eigenvalue weighted by Gasteiger charge is -2.33. The summed E-state index contributed by atoms with van der Waals surface area (Å²) in [7, 11) is 0. The van der Waals surface area contributed by atoms with Gasteiger partial charge in [-0.2, -0.15) is 0 Å². The Morgan fingerprint density at radius 2 is 2.08 bits per heavy atom. The van der Waals surface area contributed by atoms with Crippen LogP contribution in [-0.2, 0) is 6.54 Å². The maximum atomic E-state index is 11.7. The third-order valence-electron chi connectivity index (χ3n) is 5.10. The third-order valence-corrected chi connectivity index (χ3v) is 5.10. The van der Waals surface area contributed by atoms with E-state index in [1.807, 2.05) is 12.1 Å². The lowest BCUT2D eigenvalue weighted by atomic mass is 9.95. The Morgan fingerprint density at radius 3 is 2.81 bits per heavy atom. The van der Waals surface area contributed by atoms with Crippen molar-refractivity contribution >= 4 is 22.3 Å². The highest BCUT2D eigenvalue weighted by Crippen LogP contribution is 2.38. The number of hydrogen-bond acceptors (Lipinski definition) is 6. The van der Waals surface area contributed by atoms with Crippen LogP contribution in [0.4, 0.5) is 11.4 Å². The highest BCUT2D eigenvalue weighted by atomic mass is 16.6. The average Bonchev–Trinajstić information content (AvgIpc) is 3.16. The van der Waals surface area contributed by atoms with E-state index in [0.29, 0.717) is 22.5 Å². The van der Waals surface area contributed by atoms with Crippen molar-refractivity contribution in [1.82, 2.24) is 19.7 Å². The summed E-state index contributed by atoms with van der Waals surface area (Å²) in [6.07, 6.45) is 5.23. The van der Waals surface area contributed by atoms with Crippen molar-refractivity contribution in [1.29, 1.82) is 0 Å². The molecule has 3 aromatic rings. The predicted molar refractivity (Wildman–Crippen MR) is 98.3 cm³/mol. The molecule has 4 rings (SSSR count). The van der Waals surface area contributed by atoms with Crippen molar-refractivity contribution in [2.75, 3.05) is 18.0 Å². The molecular formula is C18H20N6O2. The van der Waals surface area contributed by atoms with Crippen LogP contribution in [0.15, 0.2) is 36.8 Å². The van der Waals surface area contributed by atoms with E-state index in [-0.39, 0.29) is 10.6 Å². The van der Waals surface area contributed by atoms with E-state index >= 15 is 0 Å². The van der Waals surface area contributed by atoms with Crippen molar-refractivity contribution in [2.24, 2.45) is 0 Å². The third kappa shape index (κ3) is 2.77. The van der Waals surface area contributed by atoms with E-state index in [1.165, 1.54) is 0 Å². The minimum absolute atomic E-state index is 0.144. The lowest BCUT2D eigenvalue weighted by Crippen LogP contribution is -2.34. The van der Waals surface area contributed by atoms with Crippen molar-refractivity contribution in [2.45, 2.75) is 32.2 Å². The summed E-state index contributed by atoms with van der Waals surface area (Å²) in [4.78, 5) is 17.8. The molecule has 8 nitrogen and oxygen atoms in total. The van der Waals surface area contributed by atoms with Crippen LogP contribution in [0.3, 0.4) is 0 Å². The van der Waals surface area contributed by atoms with Gasteiger partial charge in [0, 0.05) is 31.7 Å². The zero-order valence-electron chi connectivity index (χ0n) is 14.6. The van der Waals surface area contributed by atoms with Crippen LogP contribution in [0.2, 0.25) is 0 Å². The van der Waals surface area contributed by atoms with E-state index in [4.69, 9.17) is 0 Å². The first-order chi connectivity index (χ1) is 12.7. The molecule has 1 aliphatic rings. The number of piperidine rings is 1. The van der Waals surface area contributed by atoms with Gasteiger partial charge in [0.25, 0.3) is 0 Å². The fourth-order valence-electron chi connectivity index (χ4n) is 3.77. The molecule has 1 aliphatic heterocycles. The molecule has 0 aliphatic carbocycles. The first-order valence-corrected chi connectivity index (χ1v) is 8.83. The van der Waals surface area contributed by atoms with Gasteiger partial charge in [-0.05, 0) is 44.0 Å². The van der Waals surface area contributed by atoms with E-state index in [0.717, 1.165) is 38.3 Å². The number of benzene rings is 1. The van der Waals surface area contributed by atoms with E-state index in [1.54, 1.807) is 24.7 Å². The predicted octanol–water partition coefficient (Wildman–Crippen LogP) is 3.14.